The van der Waals surface area contributed by atoms with Gasteiger partial charge in [0.2, 0.25) is 11.8 Å². The fraction of sp³-hybridized carbons (Fsp3) is 0.167. The molecular formula is C12H12BrN5O2. The quantitative estimate of drug-likeness (QED) is 0.656. The van der Waals surface area contributed by atoms with Crippen LogP contribution in [0.15, 0.2) is 28.9 Å². The van der Waals surface area contributed by atoms with Crippen LogP contribution in [0.25, 0.3) is 0 Å². The molecule has 3 N–H and O–H groups in total. The van der Waals surface area contributed by atoms with E-state index in [-0.39, 0.29) is 17.5 Å². The highest BCUT2D eigenvalue weighted by Gasteiger charge is 2.14. The molecule has 0 fully saturated rings. The van der Waals surface area contributed by atoms with Crippen molar-refractivity contribution in [2.75, 3.05) is 11.1 Å². The van der Waals surface area contributed by atoms with Gasteiger partial charge in [0.25, 0.3) is 0 Å². The van der Waals surface area contributed by atoms with Gasteiger partial charge in [-0.2, -0.15) is 4.98 Å². The highest BCUT2D eigenvalue weighted by Crippen LogP contribution is 2.20. The number of anilines is 2. The average Bonchev–Trinajstić information content (AvgIpc) is 2.39. The zero-order chi connectivity index (χ0) is 14.7. The van der Waals surface area contributed by atoms with Crippen LogP contribution in [0.3, 0.4) is 0 Å². The Morgan fingerprint density at radius 2 is 2.25 bits per heavy atom. The van der Waals surface area contributed by atoms with Gasteiger partial charge < -0.3 is 11.1 Å². The summed E-state index contributed by atoms with van der Waals surface area (Å²) < 4.78 is 0.976. The summed E-state index contributed by atoms with van der Waals surface area (Å²) in [6.07, 6.45) is 1.10. The lowest BCUT2D eigenvalue weighted by molar-refractivity contribution is -0.384. The number of benzene rings is 1. The second-order valence-corrected chi connectivity index (χ2v) is 5.06. The molecule has 0 saturated heterocycles. The Morgan fingerprint density at radius 3 is 2.90 bits per heavy atom. The van der Waals surface area contributed by atoms with E-state index >= 15 is 0 Å². The molecule has 0 aliphatic rings. The maximum absolute atomic E-state index is 10.6. The minimum atomic E-state index is -0.614. The molecule has 0 unspecified atom stereocenters. The first-order chi connectivity index (χ1) is 9.47. The van der Waals surface area contributed by atoms with E-state index in [1.807, 2.05) is 25.1 Å². The van der Waals surface area contributed by atoms with Crippen molar-refractivity contribution in [2.24, 2.45) is 0 Å². The van der Waals surface area contributed by atoms with Crippen molar-refractivity contribution in [3.8, 4) is 0 Å². The molecular weight excluding hydrogens is 326 g/mol. The third kappa shape index (κ3) is 3.21. The van der Waals surface area contributed by atoms with Crippen molar-refractivity contribution in [1.29, 1.82) is 0 Å². The molecule has 0 spiro atoms. The van der Waals surface area contributed by atoms with E-state index in [1.54, 1.807) is 0 Å². The fourth-order valence-corrected chi connectivity index (χ4v) is 2.03. The molecule has 0 aliphatic heterocycles. The molecule has 2 aromatic rings. The van der Waals surface area contributed by atoms with Gasteiger partial charge in [0.1, 0.15) is 6.20 Å². The van der Waals surface area contributed by atoms with Crippen molar-refractivity contribution in [3.05, 3.63) is 50.1 Å². The van der Waals surface area contributed by atoms with E-state index in [2.05, 4.69) is 31.2 Å². The van der Waals surface area contributed by atoms with Gasteiger partial charge >= 0.3 is 5.69 Å². The molecule has 20 heavy (non-hydrogen) atoms. The van der Waals surface area contributed by atoms with Gasteiger partial charge in [-0.15, -0.1) is 0 Å². The maximum atomic E-state index is 10.6. The molecule has 8 heteroatoms. The molecule has 0 atom stereocenters. The number of hydrogen-bond donors (Lipinski definition) is 2. The number of aryl methyl sites for hydroxylation is 1. The van der Waals surface area contributed by atoms with Crippen LogP contribution in [-0.2, 0) is 6.54 Å². The first-order valence-corrected chi connectivity index (χ1v) is 6.52. The van der Waals surface area contributed by atoms with E-state index in [4.69, 9.17) is 5.73 Å². The van der Waals surface area contributed by atoms with Crippen LogP contribution in [0.2, 0.25) is 0 Å². The van der Waals surface area contributed by atoms with Crippen LogP contribution in [-0.4, -0.2) is 14.9 Å². The molecule has 1 aromatic heterocycles. The Balaban J connectivity index is 2.13. The zero-order valence-corrected chi connectivity index (χ0v) is 12.2. The third-order valence-corrected chi connectivity index (χ3v) is 3.24. The predicted octanol–water partition coefficient (Wildman–Crippen LogP) is 2.65. The Kier molecular flexibility index (Phi) is 4.14. The highest BCUT2D eigenvalue weighted by atomic mass is 79.9. The van der Waals surface area contributed by atoms with Crippen LogP contribution >= 0.6 is 15.9 Å². The molecule has 0 bridgehead atoms. The standard InChI is InChI=1S/C12H12BrN5O2/c1-7-2-3-9(13)4-8(7)5-15-12-16-6-10(18(19)20)11(14)17-12/h2-4,6H,5H2,1H3,(H3,14,15,16,17). The topological polar surface area (TPSA) is 107 Å². The van der Waals surface area contributed by atoms with Crippen molar-refractivity contribution in [3.63, 3.8) is 0 Å². The first-order valence-electron chi connectivity index (χ1n) is 5.73. The molecule has 7 nitrogen and oxygen atoms in total. The van der Waals surface area contributed by atoms with Gasteiger partial charge in [-0.05, 0) is 30.2 Å². The predicted molar refractivity (Wildman–Crippen MR) is 79.3 cm³/mol. The van der Waals surface area contributed by atoms with E-state index in [0.29, 0.717) is 6.54 Å². The van der Waals surface area contributed by atoms with E-state index in [9.17, 15) is 10.1 Å². The fourth-order valence-electron chi connectivity index (χ4n) is 1.62. The molecule has 0 amide bonds. The Morgan fingerprint density at radius 1 is 1.50 bits per heavy atom. The third-order valence-electron chi connectivity index (χ3n) is 2.74. The minimum absolute atomic E-state index is 0.154. The van der Waals surface area contributed by atoms with Gasteiger partial charge in [0.15, 0.2) is 0 Å². The molecule has 2 rings (SSSR count). The number of aromatic nitrogens is 2. The van der Waals surface area contributed by atoms with Crippen molar-refractivity contribution in [1.82, 2.24) is 9.97 Å². The number of hydrogen-bond acceptors (Lipinski definition) is 6. The highest BCUT2D eigenvalue weighted by molar-refractivity contribution is 9.10. The minimum Gasteiger partial charge on any atom is -0.378 e. The van der Waals surface area contributed by atoms with Gasteiger partial charge in [0, 0.05) is 11.0 Å². The Bertz CT molecular complexity index is 662. The first kappa shape index (κ1) is 14.2. The summed E-state index contributed by atoms with van der Waals surface area (Å²) in [5.74, 6) is 0.103. The number of nitro groups is 1. The van der Waals surface area contributed by atoms with Crippen molar-refractivity contribution in [2.45, 2.75) is 13.5 Å². The van der Waals surface area contributed by atoms with Crippen LogP contribution in [0.5, 0.6) is 0 Å². The average molecular weight is 338 g/mol. The lowest BCUT2D eigenvalue weighted by Gasteiger charge is -2.08. The Labute approximate surface area is 123 Å². The number of rotatable bonds is 4. The molecule has 1 aromatic carbocycles. The monoisotopic (exact) mass is 337 g/mol. The smallest absolute Gasteiger partial charge is 0.329 e. The molecule has 0 aliphatic carbocycles. The number of nitrogens with two attached hydrogens (primary N) is 1. The number of nitrogens with zero attached hydrogens (tertiary/aromatic N) is 3. The zero-order valence-electron chi connectivity index (χ0n) is 10.6. The van der Waals surface area contributed by atoms with Crippen LogP contribution in [0.1, 0.15) is 11.1 Å². The van der Waals surface area contributed by atoms with Gasteiger partial charge in [-0.25, -0.2) is 4.98 Å². The molecule has 0 radical (unpaired) electrons. The SMILES string of the molecule is Cc1ccc(Br)cc1CNc1ncc([N+](=O)[O-])c(N)n1. The lowest BCUT2D eigenvalue weighted by Crippen LogP contribution is -2.07. The van der Waals surface area contributed by atoms with E-state index < -0.39 is 4.92 Å². The summed E-state index contributed by atoms with van der Waals surface area (Å²) in [6, 6.07) is 5.93. The van der Waals surface area contributed by atoms with Gasteiger partial charge in [-0.3, -0.25) is 10.1 Å². The number of halogens is 1. The second kappa shape index (κ2) is 5.83. The summed E-state index contributed by atoms with van der Waals surface area (Å²) in [7, 11) is 0. The Hall–Kier alpha value is -2.22. The van der Waals surface area contributed by atoms with Crippen molar-refractivity contribution < 1.29 is 4.92 Å². The molecule has 104 valence electrons. The summed E-state index contributed by atoms with van der Waals surface area (Å²) in [6.45, 7) is 2.50. The number of nitrogens with one attached hydrogen (secondary N) is 1. The normalized spacial score (nSPS) is 10.3. The van der Waals surface area contributed by atoms with Crippen LogP contribution < -0.4 is 11.1 Å². The van der Waals surface area contributed by atoms with Gasteiger partial charge in [0.05, 0.1) is 4.92 Å². The van der Waals surface area contributed by atoms with Gasteiger partial charge in [-0.1, -0.05) is 22.0 Å². The molecule has 1 heterocycles. The largest absolute Gasteiger partial charge is 0.378 e. The second-order valence-electron chi connectivity index (χ2n) is 4.15. The summed E-state index contributed by atoms with van der Waals surface area (Å²) in [5, 5.41) is 13.6. The number of nitrogen functional groups attached to an aromatic ring is 1. The van der Waals surface area contributed by atoms with E-state index in [0.717, 1.165) is 21.8 Å². The summed E-state index contributed by atoms with van der Waals surface area (Å²) in [5.41, 5.74) is 7.40. The summed E-state index contributed by atoms with van der Waals surface area (Å²) >= 11 is 3.41. The van der Waals surface area contributed by atoms with Crippen LogP contribution in [0.4, 0.5) is 17.5 Å². The van der Waals surface area contributed by atoms with Crippen LogP contribution in [0, 0.1) is 17.0 Å². The van der Waals surface area contributed by atoms with E-state index in [1.165, 1.54) is 0 Å². The lowest BCUT2D eigenvalue weighted by atomic mass is 10.1. The van der Waals surface area contributed by atoms with Crippen molar-refractivity contribution >= 4 is 33.4 Å². The maximum Gasteiger partial charge on any atom is 0.329 e. The summed E-state index contributed by atoms with van der Waals surface area (Å²) in [4.78, 5) is 17.7. The molecule has 0 saturated carbocycles.